The van der Waals surface area contributed by atoms with Crippen LogP contribution in [0.4, 0.5) is 0 Å². The highest BCUT2D eigenvalue weighted by atomic mass is 32.2. The number of carbonyl (C=O) groups excluding carboxylic acids is 1. The van der Waals surface area contributed by atoms with E-state index in [-0.39, 0.29) is 0 Å². The zero-order valence-corrected chi connectivity index (χ0v) is 13.4. The minimum Gasteiger partial charge on any atom is -0.497 e. The Kier molecular flexibility index (Phi) is 4.78. The third-order valence-electron chi connectivity index (χ3n) is 3.28. The van der Waals surface area contributed by atoms with Gasteiger partial charge in [-0.15, -0.1) is 11.8 Å². The summed E-state index contributed by atoms with van der Waals surface area (Å²) in [6.45, 7) is 0. The Labute approximate surface area is 138 Å². The van der Waals surface area contributed by atoms with Crippen molar-refractivity contribution in [2.24, 2.45) is 0 Å². The lowest BCUT2D eigenvalue weighted by Gasteiger charge is -2.10. The normalized spacial score (nSPS) is 10.5. The molecular formula is C18H15NO3S. The van der Waals surface area contributed by atoms with Crippen LogP contribution in [0.15, 0.2) is 59.6 Å². The Bertz CT molecular complexity index is 818. The molecule has 23 heavy (non-hydrogen) atoms. The minimum atomic E-state index is 0.455. The standard InChI is InChI=1S/C18H15NO3S/c1-21-14-4-7-16-17(12-14)19-9-8-18(16)22-13-2-5-15(6-3-13)23-11-10-20/h2-10,12H,11H2,1H3. The average Bonchev–Trinajstić information content (AvgIpc) is 2.61. The van der Waals surface area contributed by atoms with Crippen molar-refractivity contribution < 1.29 is 14.3 Å². The SMILES string of the molecule is COc1ccc2c(Oc3ccc(SCC=O)cc3)ccnc2c1. The molecule has 5 heteroatoms. The number of hydrogen-bond donors (Lipinski definition) is 0. The lowest BCUT2D eigenvalue weighted by atomic mass is 10.2. The highest BCUT2D eigenvalue weighted by Gasteiger charge is 2.06. The smallest absolute Gasteiger partial charge is 0.138 e. The van der Waals surface area contributed by atoms with Crippen LogP contribution < -0.4 is 9.47 Å². The van der Waals surface area contributed by atoms with Crippen molar-refractivity contribution in [2.75, 3.05) is 12.9 Å². The second kappa shape index (κ2) is 7.15. The van der Waals surface area contributed by atoms with Crippen LogP contribution in [0.3, 0.4) is 0 Å². The van der Waals surface area contributed by atoms with Crippen molar-refractivity contribution in [3.05, 3.63) is 54.7 Å². The van der Waals surface area contributed by atoms with Crippen LogP contribution in [-0.4, -0.2) is 24.1 Å². The number of aromatic nitrogens is 1. The molecule has 1 aromatic heterocycles. The van der Waals surface area contributed by atoms with E-state index in [9.17, 15) is 4.79 Å². The number of ether oxygens (including phenoxy) is 2. The monoisotopic (exact) mass is 325 g/mol. The van der Waals surface area contributed by atoms with Crippen molar-refractivity contribution in [1.29, 1.82) is 0 Å². The van der Waals surface area contributed by atoms with Gasteiger partial charge in [0, 0.05) is 22.5 Å². The molecule has 1 heterocycles. The summed E-state index contributed by atoms with van der Waals surface area (Å²) in [6.07, 6.45) is 2.61. The van der Waals surface area contributed by atoms with Crippen LogP contribution >= 0.6 is 11.8 Å². The summed E-state index contributed by atoms with van der Waals surface area (Å²) >= 11 is 1.49. The second-order valence-electron chi connectivity index (χ2n) is 4.74. The van der Waals surface area contributed by atoms with E-state index in [1.165, 1.54) is 11.8 Å². The highest BCUT2D eigenvalue weighted by Crippen LogP contribution is 2.31. The summed E-state index contributed by atoms with van der Waals surface area (Å²) in [5, 5.41) is 0.924. The minimum absolute atomic E-state index is 0.455. The first kappa shape index (κ1) is 15.4. The van der Waals surface area contributed by atoms with Crippen molar-refractivity contribution in [3.63, 3.8) is 0 Å². The summed E-state index contributed by atoms with van der Waals surface area (Å²) in [5.74, 6) is 2.70. The number of thioether (sulfide) groups is 1. The predicted octanol–water partition coefficient (Wildman–Crippen LogP) is 4.33. The second-order valence-corrected chi connectivity index (χ2v) is 5.84. The number of benzene rings is 2. The Morgan fingerprint density at radius 2 is 1.87 bits per heavy atom. The van der Waals surface area contributed by atoms with Crippen molar-refractivity contribution in [1.82, 2.24) is 4.98 Å². The van der Waals surface area contributed by atoms with Gasteiger partial charge < -0.3 is 14.3 Å². The van der Waals surface area contributed by atoms with Crippen LogP contribution in [-0.2, 0) is 4.79 Å². The Morgan fingerprint density at radius 3 is 2.61 bits per heavy atom. The maximum atomic E-state index is 10.4. The molecule has 3 aromatic rings. The van der Waals surface area contributed by atoms with Crippen LogP contribution in [0.1, 0.15) is 0 Å². The predicted molar refractivity (Wildman–Crippen MR) is 91.6 cm³/mol. The third kappa shape index (κ3) is 3.63. The molecule has 0 N–H and O–H groups in total. The van der Waals surface area contributed by atoms with E-state index in [1.807, 2.05) is 48.5 Å². The van der Waals surface area contributed by atoms with Gasteiger partial charge in [0.15, 0.2) is 0 Å². The molecule has 4 nitrogen and oxygen atoms in total. The number of hydrogen-bond acceptors (Lipinski definition) is 5. The molecule has 3 rings (SSSR count). The van der Waals surface area contributed by atoms with Crippen molar-refractivity contribution in [3.8, 4) is 17.2 Å². The molecule has 0 radical (unpaired) electrons. The lowest BCUT2D eigenvalue weighted by molar-refractivity contribution is -0.105. The molecule has 116 valence electrons. The maximum Gasteiger partial charge on any atom is 0.138 e. The molecule has 0 fully saturated rings. The van der Waals surface area contributed by atoms with Crippen molar-refractivity contribution >= 4 is 29.0 Å². The summed E-state index contributed by atoms with van der Waals surface area (Å²) in [6, 6.07) is 15.2. The van der Waals surface area contributed by atoms with Crippen molar-refractivity contribution in [2.45, 2.75) is 4.90 Å². The Morgan fingerprint density at radius 1 is 1.09 bits per heavy atom. The Hall–Kier alpha value is -2.53. The van der Waals surface area contributed by atoms with E-state index < -0.39 is 0 Å². The van der Waals surface area contributed by atoms with E-state index in [0.717, 1.165) is 39.3 Å². The number of carbonyl (C=O) groups is 1. The van der Waals surface area contributed by atoms with Crippen LogP contribution in [0.5, 0.6) is 17.2 Å². The number of nitrogens with zero attached hydrogens (tertiary/aromatic N) is 1. The molecule has 0 saturated carbocycles. The number of methoxy groups -OCH3 is 1. The van der Waals surface area contributed by atoms with Crippen LogP contribution in [0.2, 0.25) is 0 Å². The topological polar surface area (TPSA) is 48.4 Å². The molecule has 0 aliphatic heterocycles. The summed E-state index contributed by atoms with van der Waals surface area (Å²) < 4.78 is 11.2. The number of aldehydes is 1. The fourth-order valence-electron chi connectivity index (χ4n) is 2.18. The van der Waals surface area contributed by atoms with Gasteiger partial charge in [-0.3, -0.25) is 4.98 Å². The van der Waals surface area contributed by atoms with E-state index in [0.29, 0.717) is 5.75 Å². The number of pyridine rings is 1. The molecule has 0 aliphatic carbocycles. The van der Waals surface area contributed by atoms with E-state index in [4.69, 9.17) is 9.47 Å². The van der Waals surface area contributed by atoms with Gasteiger partial charge in [0.25, 0.3) is 0 Å². The fourth-order valence-corrected chi connectivity index (χ4v) is 2.77. The first-order valence-electron chi connectivity index (χ1n) is 7.07. The van der Waals surface area contributed by atoms with Gasteiger partial charge in [0.2, 0.25) is 0 Å². The van der Waals surface area contributed by atoms with E-state index in [1.54, 1.807) is 13.3 Å². The highest BCUT2D eigenvalue weighted by molar-refractivity contribution is 7.99. The van der Waals surface area contributed by atoms with Gasteiger partial charge in [-0.1, -0.05) is 0 Å². The molecular weight excluding hydrogens is 310 g/mol. The number of rotatable bonds is 6. The first-order chi connectivity index (χ1) is 11.3. The first-order valence-corrected chi connectivity index (χ1v) is 8.06. The van der Waals surface area contributed by atoms with Gasteiger partial charge in [0.05, 0.1) is 18.4 Å². The van der Waals surface area contributed by atoms with E-state index in [2.05, 4.69) is 4.98 Å². The fraction of sp³-hybridized carbons (Fsp3) is 0.111. The quantitative estimate of drug-likeness (QED) is 0.499. The average molecular weight is 325 g/mol. The largest absolute Gasteiger partial charge is 0.497 e. The third-order valence-corrected chi connectivity index (χ3v) is 4.19. The molecule has 0 amide bonds. The van der Waals surface area contributed by atoms with Gasteiger partial charge in [-0.25, -0.2) is 0 Å². The maximum absolute atomic E-state index is 10.4. The van der Waals surface area contributed by atoms with Gasteiger partial charge in [-0.05, 0) is 42.5 Å². The molecule has 0 atom stereocenters. The molecule has 0 bridgehead atoms. The van der Waals surface area contributed by atoms with Gasteiger partial charge in [-0.2, -0.15) is 0 Å². The molecule has 0 unspecified atom stereocenters. The molecule has 0 saturated heterocycles. The lowest BCUT2D eigenvalue weighted by Crippen LogP contribution is -1.89. The van der Waals surface area contributed by atoms with Crippen LogP contribution in [0, 0.1) is 0 Å². The summed E-state index contributed by atoms with van der Waals surface area (Å²) in [7, 11) is 1.63. The zero-order chi connectivity index (χ0) is 16.1. The van der Waals surface area contributed by atoms with Gasteiger partial charge >= 0.3 is 0 Å². The zero-order valence-electron chi connectivity index (χ0n) is 12.6. The Balaban J connectivity index is 1.84. The summed E-state index contributed by atoms with van der Waals surface area (Å²) in [4.78, 5) is 15.8. The molecule has 0 aliphatic rings. The number of fused-ring (bicyclic) bond motifs is 1. The molecule has 2 aromatic carbocycles. The molecule has 0 spiro atoms. The summed E-state index contributed by atoms with van der Waals surface area (Å²) in [5.41, 5.74) is 0.819. The van der Waals surface area contributed by atoms with Crippen LogP contribution in [0.25, 0.3) is 10.9 Å². The van der Waals surface area contributed by atoms with E-state index >= 15 is 0 Å². The van der Waals surface area contributed by atoms with Gasteiger partial charge in [0.1, 0.15) is 23.5 Å².